The number of nitrogens with zero attached hydrogens (tertiary/aromatic N) is 1. The molecular formula is C23H28ClFN2O3. The van der Waals surface area contributed by atoms with Crippen LogP contribution in [-0.2, 0) is 16.1 Å². The van der Waals surface area contributed by atoms with Crippen molar-refractivity contribution in [1.82, 2.24) is 10.2 Å². The zero-order valence-electron chi connectivity index (χ0n) is 17.4. The monoisotopic (exact) mass is 434 g/mol. The Kier molecular flexibility index (Phi) is 9.61. The smallest absolute Gasteiger partial charge is 0.261 e. The molecule has 2 amide bonds. The van der Waals surface area contributed by atoms with Crippen molar-refractivity contribution in [3.8, 4) is 5.75 Å². The maximum atomic E-state index is 13.8. The second kappa shape index (κ2) is 12.2. The number of carbonyl (C=O) groups excluding carboxylic acids is 2. The molecule has 2 aromatic rings. The maximum Gasteiger partial charge on any atom is 0.261 e. The fourth-order valence-corrected chi connectivity index (χ4v) is 3.22. The Bertz CT molecular complexity index is 847. The molecule has 0 saturated heterocycles. The molecule has 0 aliphatic carbocycles. The third-order valence-electron chi connectivity index (χ3n) is 4.70. The Balaban J connectivity index is 2.20. The number of benzene rings is 2. The van der Waals surface area contributed by atoms with E-state index in [9.17, 15) is 14.0 Å². The molecule has 0 radical (unpaired) electrons. The average Bonchev–Trinajstić information content (AvgIpc) is 2.74. The van der Waals surface area contributed by atoms with Gasteiger partial charge in [0.25, 0.3) is 5.91 Å². The lowest BCUT2D eigenvalue weighted by molar-refractivity contribution is -0.143. The summed E-state index contributed by atoms with van der Waals surface area (Å²) >= 11 is 6.28. The lowest BCUT2D eigenvalue weighted by Gasteiger charge is -2.30. The van der Waals surface area contributed by atoms with Gasteiger partial charge in [0.2, 0.25) is 5.91 Å². The van der Waals surface area contributed by atoms with Crippen LogP contribution in [0.3, 0.4) is 0 Å². The second-order valence-corrected chi connectivity index (χ2v) is 7.31. The molecule has 0 saturated carbocycles. The molecule has 162 valence electrons. The number of hydrogen-bond acceptors (Lipinski definition) is 3. The molecule has 0 aliphatic heterocycles. The van der Waals surface area contributed by atoms with E-state index in [0.29, 0.717) is 18.0 Å². The Morgan fingerprint density at radius 3 is 2.50 bits per heavy atom. The molecule has 0 spiro atoms. The Morgan fingerprint density at radius 1 is 1.13 bits per heavy atom. The van der Waals surface area contributed by atoms with Crippen molar-refractivity contribution in [3.63, 3.8) is 0 Å². The van der Waals surface area contributed by atoms with Gasteiger partial charge >= 0.3 is 0 Å². The number of carbonyl (C=O) groups is 2. The molecule has 0 aromatic heterocycles. The second-order valence-electron chi connectivity index (χ2n) is 6.90. The lowest BCUT2D eigenvalue weighted by Crippen LogP contribution is -2.50. The fourth-order valence-electron chi connectivity index (χ4n) is 3.02. The van der Waals surface area contributed by atoms with Crippen LogP contribution in [0.1, 0.15) is 38.7 Å². The van der Waals surface area contributed by atoms with Crippen molar-refractivity contribution in [2.24, 2.45) is 0 Å². The predicted octanol–water partition coefficient (Wildman–Crippen LogP) is 4.58. The van der Waals surface area contributed by atoms with E-state index in [-0.39, 0.29) is 24.8 Å². The van der Waals surface area contributed by atoms with E-state index in [4.69, 9.17) is 16.3 Å². The number of hydrogen-bond donors (Lipinski definition) is 1. The molecule has 0 fully saturated rings. The first-order valence-electron chi connectivity index (χ1n) is 10.2. The van der Waals surface area contributed by atoms with Crippen molar-refractivity contribution in [2.75, 3.05) is 13.2 Å². The topological polar surface area (TPSA) is 58.6 Å². The van der Waals surface area contributed by atoms with Crippen LogP contribution in [0, 0.1) is 5.82 Å². The molecule has 30 heavy (non-hydrogen) atoms. The van der Waals surface area contributed by atoms with Crippen LogP contribution >= 0.6 is 11.6 Å². The van der Waals surface area contributed by atoms with Gasteiger partial charge in [-0.25, -0.2) is 4.39 Å². The number of para-hydroxylation sites is 1. The Labute approximate surface area is 182 Å². The SMILES string of the molecule is CCCCNC(=O)[C@H](CC)N(Cc1ccccc1Cl)C(=O)COc1ccccc1F. The molecule has 0 unspecified atom stereocenters. The van der Waals surface area contributed by atoms with Gasteiger partial charge in [0.1, 0.15) is 6.04 Å². The molecule has 2 aromatic carbocycles. The Morgan fingerprint density at radius 2 is 1.83 bits per heavy atom. The van der Waals surface area contributed by atoms with Crippen LogP contribution in [0.25, 0.3) is 0 Å². The minimum atomic E-state index is -0.685. The van der Waals surface area contributed by atoms with Crippen molar-refractivity contribution in [1.29, 1.82) is 0 Å². The molecule has 1 atom stereocenters. The van der Waals surface area contributed by atoms with Crippen molar-refractivity contribution in [3.05, 3.63) is 64.9 Å². The first kappa shape index (κ1) is 23.7. The largest absolute Gasteiger partial charge is 0.481 e. The number of nitrogens with one attached hydrogen (secondary N) is 1. The minimum absolute atomic E-state index is 0.0102. The zero-order chi connectivity index (χ0) is 21.9. The summed E-state index contributed by atoms with van der Waals surface area (Å²) in [6.45, 7) is 4.19. The summed E-state index contributed by atoms with van der Waals surface area (Å²) in [5.74, 6) is -1.20. The Hall–Kier alpha value is -2.60. The molecule has 7 heteroatoms. The zero-order valence-corrected chi connectivity index (χ0v) is 18.1. The van der Waals surface area contributed by atoms with Crippen molar-refractivity contribution < 1.29 is 18.7 Å². The summed E-state index contributed by atoms with van der Waals surface area (Å²) in [6, 6.07) is 12.4. The molecule has 0 heterocycles. The summed E-state index contributed by atoms with van der Waals surface area (Å²) in [4.78, 5) is 27.2. The van der Waals surface area contributed by atoms with E-state index in [1.54, 1.807) is 24.3 Å². The van der Waals surface area contributed by atoms with Crippen LogP contribution in [0.4, 0.5) is 4.39 Å². The summed E-state index contributed by atoms with van der Waals surface area (Å²) in [7, 11) is 0. The maximum absolute atomic E-state index is 13.8. The minimum Gasteiger partial charge on any atom is -0.481 e. The quantitative estimate of drug-likeness (QED) is 0.526. The van der Waals surface area contributed by atoms with E-state index < -0.39 is 17.8 Å². The van der Waals surface area contributed by atoms with E-state index >= 15 is 0 Å². The third kappa shape index (κ3) is 6.73. The van der Waals surface area contributed by atoms with E-state index in [1.165, 1.54) is 17.0 Å². The van der Waals surface area contributed by atoms with E-state index in [1.807, 2.05) is 26.0 Å². The molecular weight excluding hydrogens is 407 g/mol. The normalized spacial score (nSPS) is 11.6. The average molecular weight is 435 g/mol. The first-order chi connectivity index (χ1) is 14.5. The van der Waals surface area contributed by atoms with Crippen molar-refractivity contribution in [2.45, 2.75) is 45.7 Å². The van der Waals surface area contributed by atoms with Crippen LogP contribution < -0.4 is 10.1 Å². The van der Waals surface area contributed by atoms with E-state index in [0.717, 1.165) is 18.4 Å². The highest BCUT2D eigenvalue weighted by Gasteiger charge is 2.29. The van der Waals surface area contributed by atoms with Gasteiger partial charge in [0.15, 0.2) is 18.2 Å². The van der Waals surface area contributed by atoms with Crippen LogP contribution in [0.2, 0.25) is 5.02 Å². The summed E-state index contributed by atoms with van der Waals surface area (Å²) in [5, 5.41) is 3.39. The van der Waals surface area contributed by atoms with Crippen LogP contribution in [0.5, 0.6) is 5.75 Å². The van der Waals surface area contributed by atoms with Crippen LogP contribution in [0.15, 0.2) is 48.5 Å². The van der Waals surface area contributed by atoms with Gasteiger partial charge in [0, 0.05) is 18.1 Å². The molecule has 0 aliphatic rings. The summed E-state index contributed by atoms with van der Waals surface area (Å²) in [6.07, 6.45) is 2.24. The third-order valence-corrected chi connectivity index (χ3v) is 5.07. The molecule has 1 N–H and O–H groups in total. The predicted molar refractivity (Wildman–Crippen MR) is 116 cm³/mol. The fraction of sp³-hybridized carbons (Fsp3) is 0.391. The molecule has 5 nitrogen and oxygen atoms in total. The van der Waals surface area contributed by atoms with Gasteiger partial charge in [0.05, 0.1) is 0 Å². The number of ether oxygens (including phenoxy) is 1. The van der Waals surface area contributed by atoms with E-state index in [2.05, 4.69) is 5.32 Å². The van der Waals surface area contributed by atoms with Gasteiger partial charge in [-0.3, -0.25) is 9.59 Å². The van der Waals surface area contributed by atoms with Gasteiger partial charge in [-0.05, 0) is 36.6 Å². The van der Waals surface area contributed by atoms with Gasteiger partial charge in [-0.1, -0.05) is 62.2 Å². The number of amides is 2. The van der Waals surface area contributed by atoms with Gasteiger partial charge in [-0.2, -0.15) is 0 Å². The number of unbranched alkanes of at least 4 members (excludes halogenated alkanes) is 1. The molecule has 0 bridgehead atoms. The van der Waals surface area contributed by atoms with Crippen LogP contribution in [-0.4, -0.2) is 35.9 Å². The van der Waals surface area contributed by atoms with Crippen molar-refractivity contribution >= 4 is 23.4 Å². The van der Waals surface area contributed by atoms with Gasteiger partial charge < -0.3 is 15.0 Å². The first-order valence-corrected chi connectivity index (χ1v) is 10.5. The summed E-state index contributed by atoms with van der Waals surface area (Å²) < 4.78 is 19.2. The highest BCUT2D eigenvalue weighted by Crippen LogP contribution is 2.21. The number of rotatable bonds is 11. The highest BCUT2D eigenvalue weighted by atomic mass is 35.5. The summed E-state index contributed by atoms with van der Waals surface area (Å²) in [5.41, 5.74) is 0.721. The number of halogens is 2. The standard InChI is InChI=1S/C23H28ClFN2O3/c1-3-5-14-26-23(29)20(4-2)27(15-17-10-6-7-11-18(17)24)22(28)16-30-21-13-9-8-12-19(21)25/h6-13,20H,3-5,14-16H2,1-2H3,(H,26,29)/t20-/m0/s1. The van der Waals surface area contributed by atoms with Gasteiger partial charge in [-0.15, -0.1) is 0 Å². The lowest BCUT2D eigenvalue weighted by atomic mass is 10.1. The molecule has 2 rings (SSSR count). The highest BCUT2D eigenvalue weighted by molar-refractivity contribution is 6.31.